The fourth-order valence-electron chi connectivity index (χ4n) is 3.81. The van der Waals surface area contributed by atoms with E-state index in [4.69, 9.17) is 0 Å². The van der Waals surface area contributed by atoms with E-state index in [0.29, 0.717) is 23.1 Å². The Morgan fingerprint density at radius 1 is 1.06 bits per heavy atom. The summed E-state index contributed by atoms with van der Waals surface area (Å²) in [5.74, 6) is 1.43. The smallest absolute Gasteiger partial charge is 0.270 e. The number of aromatic nitrogens is 2. The Kier molecular flexibility index (Phi) is 8.72. The molecule has 0 bridgehead atoms. The summed E-state index contributed by atoms with van der Waals surface area (Å²) in [6.45, 7) is 12.1. The average Bonchev–Trinajstić information content (AvgIpc) is 2.79. The molecule has 1 heterocycles. The summed E-state index contributed by atoms with van der Waals surface area (Å²) in [5, 5.41) is 13.6. The molecule has 176 valence electrons. The molecule has 0 fully saturated rings. The van der Waals surface area contributed by atoms with Crippen molar-refractivity contribution in [2.45, 2.75) is 34.2 Å². The Morgan fingerprint density at radius 2 is 1.71 bits per heavy atom. The lowest BCUT2D eigenvalue weighted by Gasteiger charge is -2.26. The maximum absolute atomic E-state index is 12.3. The number of hydrazone groups is 1. The molecule has 0 aliphatic rings. The summed E-state index contributed by atoms with van der Waals surface area (Å²) >= 11 is 0. The van der Waals surface area contributed by atoms with Gasteiger partial charge in [0.1, 0.15) is 11.6 Å². The van der Waals surface area contributed by atoms with Crippen molar-refractivity contribution in [1.82, 2.24) is 14.9 Å². The number of nitrogens with zero attached hydrogens (tertiary/aromatic N) is 4. The van der Waals surface area contributed by atoms with Crippen LogP contribution in [0.2, 0.25) is 0 Å². The van der Waals surface area contributed by atoms with Crippen LogP contribution in [0.3, 0.4) is 0 Å². The van der Waals surface area contributed by atoms with Crippen LogP contribution in [0.25, 0.3) is 11.3 Å². The van der Waals surface area contributed by atoms with E-state index in [9.17, 15) is 10.1 Å². The molecule has 0 radical (unpaired) electrons. The number of anilines is 1. The van der Waals surface area contributed by atoms with E-state index in [-0.39, 0.29) is 11.5 Å². The zero-order chi connectivity index (χ0) is 24.5. The van der Waals surface area contributed by atoms with E-state index < -0.39 is 5.56 Å². The van der Waals surface area contributed by atoms with Crippen molar-refractivity contribution < 1.29 is 0 Å². The van der Waals surface area contributed by atoms with Gasteiger partial charge in [-0.1, -0.05) is 82.3 Å². The van der Waals surface area contributed by atoms with E-state index in [2.05, 4.69) is 65.2 Å². The van der Waals surface area contributed by atoms with Crippen LogP contribution in [0.5, 0.6) is 0 Å². The van der Waals surface area contributed by atoms with Crippen LogP contribution < -0.4 is 11.0 Å². The molecular formula is C27H32N6O. The second kappa shape index (κ2) is 11.9. The van der Waals surface area contributed by atoms with Crippen LogP contribution in [-0.2, 0) is 6.54 Å². The molecule has 0 unspecified atom stereocenters. The van der Waals surface area contributed by atoms with Crippen molar-refractivity contribution in [3.05, 3.63) is 81.6 Å². The molecular weight excluding hydrogens is 424 g/mol. The van der Waals surface area contributed by atoms with Crippen LogP contribution >= 0.6 is 0 Å². The molecule has 0 atom stereocenters. The van der Waals surface area contributed by atoms with Gasteiger partial charge in [-0.15, -0.1) is 0 Å². The first-order chi connectivity index (χ1) is 16.4. The van der Waals surface area contributed by atoms with Crippen molar-refractivity contribution in [3.8, 4) is 17.3 Å². The lowest BCUT2D eigenvalue weighted by molar-refractivity contribution is 0.211. The number of hydrogen-bond acceptors (Lipinski definition) is 6. The van der Waals surface area contributed by atoms with Gasteiger partial charge in [0.15, 0.2) is 0 Å². The highest BCUT2D eigenvalue weighted by molar-refractivity contribution is 5.80. The molecule has 0 spiro atoms. The minimum absolute atomic E-state index is 0.0275. The highest BCUT2D eigenvalue weighted by Gasteiger charge is 2.13. The monoisotopic (exact) mass is 456 g/mol. The lowest BCUT2D eigenvalue weighted by atomic mass is 10.1. The Hall–Kier alpha value is -3.76. The minimum Gasteiger partial charge on any atom is -0.299 e. The average molecular weight is 457 g/mol. The predicted molar refractivity (Wildman–Crippen MR) is 138 cm³/mol. The molecule has 3 aromatic rings. The van der Waals surface area contributed by atoms with E-state index in [1.807, 2.05) is 36.4 Å². The molecule has 0 amide bonds. The SMILES string of the molecule is CC(C)CN(Cc1ccc(C=NNc2nc(-c3ccccc3)c(C#N)c(=O)[nH]2)cc1)CC(C)C. The largest absolute Gasteiger partial charge is 0.299 e. The lowest BCUT2D eigenvalue weighted by Crippen LogP contribution is -2.30. The zero-order valence-corrected chi connectivity index (χ0v) is 20.2. The van der Waals surface area contributed by atoms with Gasteiger partial charge in [-0.25, -0.2) is 10.4 Å². The Bertz CT molecular complexity index is 1180. The van der Waals surface area contributed by atoms with Gasteiger partial charge in [0.2, 0.25) is 5.95 Å². The van der Waals surface area contributed by atoms with Crippen molar-refractivity contribution in [3.63, 3.8) is 0 Å². The fraction of sp³-hybridized carbons (Fsp3) is 0.333. The molecule has 0 saturated heterocycles. The summed E-state index contributed by atoms with van der Waals surface area (Å²) in [4.78, 5) is 21.8. The standard InChI is InChI=1S/C27H32N6O/c1-19(2)16-33(17-20(3)4)18-22-12-10-21(11-13-22)15-29-32-27-30-25(23-8-6-5-7-9-23)24(14-28)26(34)31-27/h5-13,15,19-20H,16-18H2,1-4H3,(H2,30,31,32,34). The van der Waals surface area contributed by atoms with E-state index in [0.717, 1.165) is 25.2 Å². The number of H-pyrrole nitrogens is 1. The molecule has 0 aliphatic carbocycles. The normalized spacial score (nSPS) is 11.5. The van der Waals surface area contributed by atoms with E-state index >= 15 is 0 Å². The Balaban J connectivity index is 1.69. The number of hydrogen-bond donors (Lipinski definition) is 2. The fourth-order valence-corrected chi connectivity index (χ4v) is 3.81. The Labute approximate surface area is 201 Å². The zero-order valence-electron chi connectivity index (χ0n) is 20.2. The van der Waals surface area contributed by atoms with Gasteiger partial charge < -0.3 is 0 Å². The second-order valence-corrected chi connectivity index (χ2v) is 9.21. The molecule has 7 nitrogen and oxygen atoms in total. The van der Waals surface area contributed by atoms with Crippen LogP contribution in [-0.4, -0.2) is 34.2 Å². The molecule has 2 N–H and O–H groups in total. The third-order valence-electron chi connectivity index (χ3n) is 5.10. The quantitative estimate of drug-likeness (QED) is 0.335. The van der Waals surface area contributed by atoms with Gasteiger partial charge in [0.05, 0.1) is 11.9 Å². The number of nitriles is 1. The van der Waals surface area contributed by atoms with Crippen molar-refractivity contribution in [2.24, 2.45) is 16.9 Å². The third-order valence-corrected chi connectivity index (χ3v) is 5.10. The van der Waals surface area contributed by atoms with Crippen molar-refractivity contribution >= 4 is 12.2 Å². The van der Waals surface area contributed by atoms with Gasteiger partial charge in [0.25, 0.3) is 5.56 Å². The molecule has 0 saturated carbocycles. The molecule has 2 aromatic carbocycles. The van der Waals surface area contributed by atoms with Crippen LogP contribution in [0.4, 0.5) is 5.95 Å². The topological polar surface area (TPSA) is 97.2 Å². The molecule has 0 aliphatic heterocycles. The predicted octanol–water partition coefficient (Wildman–Crippen LogP) is 4.87. The van der Waals surface area contributed by atoms with Crippen LogP contribution in [0, 0.1) is 23.2 Å². The molecule has 3 rings (SSSR count). The Morgan fingerprint density at radius 3 is 2.29 bits per heavy atom. The van der Waals surface area contributed by atoms with Gasteiger partial charge >= 0.3 is 0 Å². The molecule has 1 aromatic heterocycles. The summed E-state index contributed by atoms with van der Waals surface area (Å²) in [6.07, 6.45) is 1.67. The van der Waals surface area contributed by atoms with Crippen molar-refractivity contribution in [1.29, 1.82) is 5.26 Å². The summed E-state index contributed by atoms with van der Waals surface area (Å²) in [6, 6.07) is 19.4. The summed E-state index contributed by atoms with van der Waals surface area (Å²) in [7, 11) is 0. The molecule has 7 heteroatoms. The highest BCUT2D eigenvalue weighted by atomic mass is 16.1. The number of aromatic amines is 1. The minimum atomic E-state index is -0.509. The van der Waals surface area contributed by atoms with Gasteiger partial charge in [-0.2, -0.15) is 10.4 Å². The van der Waals surface area contributed by atoms with Gasteiger partial charge in [-0.05, 0) is 23.0 Å². The number of rotatable bonds is 10. The van der Waals surface area contributed by atoms with Crippen LogP contribution in [0.1, 0.15) is 44.4 Å². The first-order valence-corrected chi connectivity index (χ1v) is 11.6. The molecule has 34 heavy (non-hydrogen) atoms. The number of nitrogens with one attached hydrogen (secondary N) is 2. The first-order valence-electron chi connectivity index (χ1n) is 11.6. The maximum atomic E-state index is 12.3. The van der Waals surface area contributed by atoms with Gasteiger partial charge in [-0.3, -0.25) is 14.7 Å². The van der Waals surface area contributed by atoms with Crippen LogP contribution in [0.15, 0.2) is 64.5 Å². The summed E-state index contributed by atoms with van der Waals surface area (Å²) < 4.78 is 0. The van der Waals surface area contributed by atoms with Crippen molar-refractivity contribution in [2.75, 3.05) is 18.5 Å². The first kappa shape index (κ1) is 24.9. The second-order valence-electron chi connectivity index (χ2n) is 9.21. The maximum Gasteiger partial charge on any atom is 0.270 e. The highest BCUT2D eigenvalue weighted by Crippen LogP contribution is 2.19. The third kappa shape index (κ3) is 7.12. The van der Waals surface area contributed by atoms with E-state index in [1.54, 1.807) is 18.3 Å². The van der Waals surface area contributed by atoms with E-state index in [1.165, 1.54) is 5.56 Å². The summed E-state index contributed by atoms with van der Waals surface area (Å²) in [5.41, 5.74) is 5.43. The number of benzene rings is 2. The van der Waals surface area contributed by atoms with Gasteiger partial charge in [0, 0.05) is 25.2 Å².